The van der Waals surface area contributed by atoms with Crippen molar-refractivity contribution in [3.8, 4) is 0 Å². The molecule has 0 aliphatic heterocycles. The fourth-order valence-electron chi connectivity index (χ4n) is 1.88. The minimum absolute atomic E-state index is 0.916. The van der Waals surface area contributed by atoms with Crippen LogP contribution >= 0.6 is 0 Å². The van der Waals surface area contributed by atoms with E-state index in [0.717, 1.165) is 40.1 Å². The van der Waals surface area contributed by atoms with Gasteiger partial charge in [0.05, 0.1) is 11.0 Å². The number of H-pyrrole nitrogens is 2. The number of aromatic amines is 2. The number of nitrogens with zero attached hydrogens (tertiary/aromatic N) is 2. The van der Waals surface area contributed by atoms with E-state index in [-0.39, 0.29) is 0 Å². The molecule has 2 heterocycles. The van der Waals surface area contributed by atoms with Crippen LogP contribution in [-0.2, 0) is 6.42 Å². The molecule has 0 spiro atoms. The predicted molar refractivity (Wildman–Crippen MR) is 59.9 cm³/mol. The number of hydrogen-bond donors (Lipinski definition) is 2. The third-order valence-corrected chi connectivity index (χ3v) is 2.61. The Balaban J connectivity index is 2.46. The molecule has 0 bridgehead atoms. The topological polar surface area (TPSA) is 57.4 Å². The molecule has 3 aromatic rings. The smallest absolute Gasteiger partial charge is 0.116 e. The van der Waals surface area contributed by atoms with Gasteiger partial charge in [0.1, 0.15) is 22.7 Å². The van der Waals surface area contributed by atoms with Gasteiger partial charge in [-0.25, -0.2) is 9.97 Å². The lowest BCUT2D eigenvalue weighted by molar-refractivity contribution is 1.00. The van der Waals surface area contributed by atoms with Crippen LogP contribution in [-0.4, -0.2) is 19.9 Å². The van der Waals surface area contributed by atoms with Gasteiger partial charge < -0.3 is 9.97 Å². The first-order valence-electron chi connectivity index (χ1n) is 5.12. The highest BCUT2D eigenvalue weighted by Crippen LogP contribution is 2.21. The zero-order valence-electron chi connectivity index (χ0n) is 8.76. The summed E-state index contributed by atoms with van der Waals surface area (Å²) in [5.41, 5.74) is 4.04. The van der Waals surface area contributed by atoms with Gasteiger partial charge in [-0.2, -0.15) is 0 Å². The Kier molecular flexibility index (Phi) is 1.59. The first-order chi connectivity index (χ1) is 7.28. The lowest BCUT2D eigenvalue weighted by Gasteiger charge is -1.88. The molecule has 0 saturated carbocycles. The van der Waals surface area contributed by atoms with Crippen LogP contribution in [0.5, 0.6) is 0 Å². The van der Waals surface area contributed by atoms with E-state index < -0.39 is 0 Å². The van der Waals surface area contributed by atoms with Gasteiger partial charge in [-0.1, -0.05) is 6.92 Å². The van der Waals surface area contributed by atoms with Crippen molar-refractivity contribution in [2.24, 2.45) is 0 Å². The third kappa shape index (κ3) is 1.14. The standard InChI is InChI=1S/C11H12N4/c1-3-9-14-8-5-4-7-10(11(8)15-9)13-6(2)12-7/h4-5H,3H2,1-2H3,(H,12,13)(H,14,15). The van der Waals surface area contributed by atoms with Crippen molar-refractivity contribution in [3.05, 3.63) is 23.8 Å². The molecule has 0 aliphatic rings. The second kappa shape index (κ2) is 2.82. The zero-order chi connectivity index (χ0) is 10.4. The molecular weight excluding hydrogens is 188 g/mol. The Bertz CT molecular complexity index is 632. The molecule has 0 aliphatic carbocycles. The molecule has 0 unspecified atom stereocenters. The molecule has 2 N–H and O–H groups in total. The molecule has 0 radical (unpaired) electrons. The Hall–Kier alpha value is -1.84. The molecular formula is C11H12N4. The van der Waals surface area contributed by atoms with Crippen LogP contribution in [0.15, 0.2) is 12.1 Å². The second-order valence-electron chi connectivity index (χ2n) is 3.72. The van der Waals surface area contributed by atoms with E-state index in [9.17, 15) is 0 Å². The van der Waals surface area contributed by atoms with Crippen LogP contribution in [0.2, 0.25) is 0 Å². The number of hydrogen-bond acceptors (Lipinski definition) is 2. The van der Waals surface area contributed by atoms with Gasteiger partial charge in [0.25, 0.3) is 0 Å². The fraction of sp³-hybridized carbons (Fsp3) is 0.273. The molecule has 4 heteroatoms. The van der Waals surface area contributed by atoms with E-state index >= 15 is 0 Å². The Morgan fingerprint density at radius 2 is 1.73 bits per heavy atom. The minimum atomic E-state index is 0.916. The summed E-state index contributed by atoms with van der Waals surface area (Å²) in [5.74, 6) is 1.94. The third-order valence-electron chi connectivity index (χ3n) is 2.61. The quantitative estimate of drug-likeness (QED) is 0.633. The van der Waals surface area contributed by atoms with Crippen LogP contribution in [0.25, 0.3) is 22.1 Å². The molecule has 15 heavy (non-hydrogen) atoms. The van der Waals surface area contributed by atoms with E-state index in [1.807, 2.05) is 19.1 Å². The normalized spacial score (nSPS) is 11.6. The molecule has 2 aromatic heterocycles. The van der Waals surface area contributed by atoms with Gasteiger partial charge in [-0.3, -0.25) is 0 Å². The second-order valence-corrected chi connectivity index (χ2v) is 3.72. The lowest BCUT2D eigenvalue weighted by Crippen LogP contribution is -1.80. The summed E-state index contributed by atoms with van der Waals surface area (Å²) < 4.78 is 0. The van der Waals surface area contributed by atoms with Crippen molar-refractivity contribution in [2.75, 3.05) is 0 Å². The SMILES string of the molecule is CCc1nc2c(ccc3[nH]c(C)nc32)[nH]1. The van der Waals surface area contributed by atoms with Gasteiger partial charge in [0.15, 0.2) is 0 Å². The Labute approximate surface area is 86.7 Å². The molecule has 0 saturated heterocycles. The number of imidazole rings is 2. The highest BCUT2D eigenvalue weighted by atomic mass is 15.0. The van der Waals surface area contributed by atoms with Crippen molar-refractivity contribution >= 4 is 22.1 Å². The van der Waals surface area contributed by atoms with Gasteiger partial charge >= 0.3 is 0 Å². The van der Waals surface area contributed by atoms with Crippen molar-refractivity contribution < 1.29 is 0 Å². The van der Waals surface area contributed by atoms with Gasteiger partial charge in [0.2, 0.25) is 0 Å². The van der Waals surface area contributed by atoms with Gasteiger partial charge in [0, 0.05) is 6.42 Å². The summed E-state index contributed by atoms with van der Waals surface area (Å²) in [6, 6.07) is 4.08. The van der Waals surface area contributed by atoms with Crippen LogP contribution in [0.4, 0.5) is 0 Å². The van der Waals surface area contributed by atoms with Crippen LogP contribution in [0.3, 0.4) is 0 Å². The number of rotatable bonds is 1. The van der Waals surface area contributed by atoms with E-state index in [2.05, 4.69) is 26.9 Å². The lowest BCUT2D eigenvalue weighted by atomic mass is 10.3. The number of nitrogens with one attached hydrogen (secondary N) is 2. The van der Waals surface area contributed by atoms with Gasteiger partial charge in [-0.05, 0) is 19.1 Å². The molecule has 4 nitrogen and oxygen atoms in total. The summed E-state index contributed by atoms with van der Waals surface area (Å²) in [7, 11) is 0. The molecule has 0 fully saturated rings. The Morgan fingerprint density at radius 3 is 2.47 bits per heavy atom. The predicted octanol–water partition coefficient (Wildman–Crippen LogP) is 2.31. The van der Waals surface area contributed by atoms with Crippen LogP contribution < -0.4 is 0 Å². The van der Waals surface area contributed by atoms with Crippen molar-refractivity contribution in [1.29, 1.82) is 0 Å². The number of benzene rings is 1. The van der Waals surface area contributed by atoms with E-state index in [1.54, 1.807) is 0 Å². The van der Waals surface area contributed by atoms with E-state index in [0.29, 0.717) is 0 Å². The van der Waals surface area contributed by atoms with Crippen LogP contribution in [0.1, 0.15) is 18.6 Å². The highest BCUT2D eigenvalue weighted by Gasteiger charge is 2.08. The Morgan fingerprint density at radius 1 is 1.07 bits per heavy atom. The monoisotopic (exact) mass is 200 g/mol. The fourth-order valence-corrected chi connectivity index (χ4v) is 1.88. The van der Waals surface area contributed by atoms with Gasteiger partial charge in [-0.15, -0.1) is 0 Å². The van der Waals surface area contributed by atoms with E-state index in [4.69, 9.17) is 0 Å². The maximum absolute atomic E-state index is 4.53. The summed E-state index contributed by atoms with van der Waals surface area (Å²) in [5, 5.41) is 0. The average molecular weight is 200 g/mol. The van der Waals surface area contributed by atoms with Crippen molar-refractivity contribution in [1.82, 2.24) is 19.9 Å². The first kappa shape index (κ1) is 8.47. The summed E-state index contributed by atoms with van der Waals surface area (Å²) >= 11 is 0. The number of aromatic nitrogens is 4. The number of aryl methyl sites for hydroxylation is 2. The largest absolute Gasteiger partial charge is 0.342 e. The first-order valence-corrected chi connectivity index (χ1v) is 5.12. The van der Waals surface area contributed by atoms with Crippen LogP contribution in [0, 0.1) is 6.92 Å². The van der Waals surface area contributed by atoms with Crippen molar-refractivity contribution in [3.63, 3.8) is 0 Å². The summed E-state index contributed by atoms with van der Waals surface area (Å²) in [6.45, 7) is 4.05. The number of fused-ring (bicyclic) bond motifs is 3. The molecule has 0 amide bonds. The van der Waals surface area contributed by atoms with E-state index in [1.165, 1.54) is 0 Å². The maximum atomic E-state index is 4.53. The average Bonchev–Trinajstić information content (AvgIpc) is 2.78. The summed E-state index contributed by atoms with van der Waals surface area (Å²) in [4.78, 5) is 15.5. The summed E-state index contributed by atoms with van der Waals surface area (Å²) in [6.07, 6.45) is 0.916. The molecule has 3 rings (SSSR count). The molecule has 0 atom stereocenters. The highest BCUT2D eigenvalue weighted by molar-refractivity contribution is 6.00. The minimum Gasteiger partial charge on any atom is -0.342 e. The molecule has 1 aromatic carbocycles. The maximum Gasteiger partial charge on any atom is 0.116 e. The van der Waals surface area contributed by atoms with Crippen molar-refractivity contribution in [2.45, 2.75) is 20.3 Å². The zero-order valence-corrected chi connectivity index (χ0v) is 8.76. The molecule has 76 valence electrons.